The van der Waals surface area contributed by atoms with Crippen molar-refractivity contribution in [1.82, 2.24) is 5.01 Å². The molecule has 0 aliphatic carbocycles. The largest absolute Gasteiger partial charge is 0.336 e. The van der Waals surface area contributed by atoms with E-state index >= 15 is 0 Å². The number of halogens is 1. The molecular formula is C14H14BrN3O. The summed E-state index contributed by atoms with van der Waals surface area (Å²) in [5, 5.41) is 3.88. The first kappa shape index (κ1) is 13.6. The first-order valence-electron chi connectivity index (χ1n) is 5.78. The molecule has 0 saturated heterocycles. The summed E-state index contributed by atoms with van der Waals surface area (Å²) in [5.41, 5.74) is 1.68. The number of carbonyl (C=O) groups is 1. The molecule has 3 N–H and O–H groups in total. The lowest BCUT2D eigenvalue weighted by molar-refractivity contribution is 0.210. The van der Waals surface area contributed by atoms with Crippen LogP contribution >= 0.6 is 15.9 Å². The Morgan fingerprint density at radius 2 is 1.89 bits per heavy atom. The Kier molecular flexibility index (Phi) is 4.54. The van der Waals surface area contributed by atoms with Gasteiger partial charge in [0.15, 0.2) is 0 Å². The summed E-state index contributed by atoms with van der Waals surface area (Å²) in [7, 11) is 0. The van der Waals surface area contributed by atoms with Crippen LogP contribution in [-0.4, -0.2) is 11.0 Å². The molecule has 2 amide bonds. The minimum Gasteiger partial charge on any atom is -0.307 e. The van der Waals surface area contributed by atoms with Crippen LogP contribution in [0.25, 0.3) is 0 Å². The van der Waals surface area contributed by atoms with Gasteiger partial charge in [-0.05, 0) is 23.8 Å². The lowest BCUT2D eigenvalue weighted by Crippen LogP contribution is -2.39. The van der Waals surface area contributed by atoms with Gasteiger partial charge in [0.25, 0.3) is 0 Å². The van der Waals surface area contributed by atoms with E-state index in [4.69, 9.17) is 5.84 Å². The number of rotatable bonds is 3. The predicted octanol–water partition coefficient (Wildman–Crippen LogP) is 3.36. The van der Waals surface area contributed by atoms with Crippen LogP contribution < -0.4 is 11.2 Å². The summed E-state index contributed by atoms with van der Waals surface area (Å²) in [6, 6.07) is 16.6. The first-order chi connectivity index (χ1) is 9.15. The molecule has 0 aliphatic heterocycles. The van der Waals surface area contributed by atoms with Gasteiger partial charge in [-0.2, -0.15) is 0 Å². The van der Waals surface area contributed by atoms with Crippen molar-refractivity contribution >= 4 is 27.6 Å². The summed E-state index contributed by atoms with van der Waals surface area (Å²) in [4.78, 5) is 11.9. The van der Waals surface area contributed by atoms with Gasteiger partial charge in [0.2, 0.25) is 0 Å². The summed E-state index contributed by atoms with van der Waals surface area (Å²) in [6.07, 6.45) is 0. The molecule has 0 radical (unpaired) electrons. The monoisotopic (exact) mass is 319 g/mol. The molecule has 0 unspecified atom stereocenters. The quantitative estimate of drug-likeness (QED) is 0.518. The smallest absolute Gasteiger partial charge is 0.307 e. The van der Waals surface area contributed by atoms with Crippen LogP contribution in [0.4, 0.5) is 10.5 Å². The summed E-state index contributed by atoms with van der Waals surface area (Å²) in [6.45, 7) is 0.362. The van der Waals surface area contributed by atoms with Gasteiger partial charge in [0, 0.05) is 10.2 Å². The number of nitrogens with two attached hydrogens (primary N) is 1. The zero-order valence-corrected chi connectivity index (χ0v) is 11.8. The van der Waals surface area contributed by atoms with E-state index in [0.717, 1.165) is 15.0 Å². The Balaban J connectivity index is 1.96. The Hall–Kier alpha value is -1.85. The van der Waals surface area contributed by atoms with E-state index in [0.29, 0.717) is 12.2 Å². The molecule has 98 valence electrons. The minimum atomic E-state index is -0.345. The second kappa shape index (κ2) is 6.36. The summed E-state index contributed by atoms with van der Waals surface area (Å²) < 4.78 is 0.900. The lowest BCUT2D eigenvalue weighted by Gasteiger charge is -2.17. The molecule has 4 nitrogen and oxygen atoms in total. The van der Waals surface area contributed by atoms with Crippen molar-refractivity contribution < 1.29 is 4.79 Å². The van der Waals surface area contributed by atoms with Gasteiger partial charge in [0.05, 0.1) is 6.54 Å². The average molecular weight is 320 g/mol. The van der Waals surface area contributed by atoms with Crippen LogP contribution in [0.3, 0.4) is 0 Å². The van der Waals surface area contributed by atoms with E-state index in [9.17, 15) is 4.79 Å². The van der Waals surface area contributed by atoms with Gasteiger partial charge < -0.3 is 5.32 Å². The number of anilines is 1. The maximum atomic E-state index is 11.9. The van der Waals surface area contributed by atoms with Crippen LogP contribution in [0.2, 0.25) is 0 Å². The number of urea groups is 1. The normalized spacial score (nSPS) is 10.0. The number of amides is 2. The fraction of sp³-hybridized carbons (Fsp3) is 0.0714. The average Bonchev–Trinajstić information content (AvgIpc) is 2.40. The molecule has 5 heteroatoms. The second-order valence-corrected chi connectivity index (χ2v) is 4.97. The molecule has 0 bridgehead atoms. The lowest BCUT2D eigenvalue weighted by atomic mass is 10.2. The molecule has 0 atom stereocenters. The standard InChI is InChI=1S/C14H14BrN3O/c15-12-7-4-8-13(9-12)17-14(19)18(16)10-11-5-2-1-3-6-11/h1-9H,10,16H2,(H,17,19). The number of carbonyl (C=O) groups excluding carboxylic acids is 1. The Morgan fingerprint density at radius 3 is 2.58 bits per heavy atom. The number of nitrogens with zero attached hydrogens (tertiary/aromatic N) is 1. The van der Waals surface area contributed by atoms with Crippen LogP contribution in [0.15, 0.2) is 59.1 Å². The third-order valence-corrected chi connectivity index (χ3v) is 3.03. The van der Waals surface area contributed by atoms with E-state index in [-0.39, 0.29) is 6.03 Å². The molecule has 0 spiro atoms. The molecule has 19 heavy (non-hydrogen) atoms. The molecule has 0 aromatic heterocycles. The molecule has 0 aliphatic rings. The molecule has 0 saturated carbocycles. The zero-order valence-electron chi connectivity index (χ0n) is 10.2. The van der Waals surface area contributed by atoms with Crippen LogP contribution in [0.1, 0.15) is 5.56 Å². The molecule has 0 fully saturated rings. The van der Waals surface area contributed by atoms with Gasteiger partial charge in [-0.3, -0.25) is 5.01 Å². The van der Waals surface area contributed by atoms with Gasteiger partial charge in [-0.1, -0.05) is 52.3 Å². The van der Waals surface area contributed by atoms with Crippen molar-refractivity contribution in [3.05, 3.63) is 64.6 Å². The van der Waals surface area contributed by atoms with Crippen molar-refractivity contribution in [3.8, 4) is 0 Å². The van der Waals surface area contributed by atoms with E-state index < -0.39 is 0 Å². The number of nitrogens with one attached hydrogen (secondary N) is 1. The molecule has 2 rings (SSSR count). The van der Waals surface area contributed by atoms with Gasteiger partial charge in [-0.25, -0.2) is 10.6 Å². The SMILES string of the molecule is NN(Cc1ccccc1)C(=O)Nc1cccc(Br)c1. The first-order valence-corrected chi connectivity index (χ1v) is 6.57. The Labute approximate surface area is 120 Å². The summed E-state index contributed by atoms with van der Waals surface area (Å²) >= 11 is 3.35. The van der Waals surface area contributed by atoms with Crippen LogP contribution in [-0.2, 0) is 6.54 Å². The van der Waals surface area contributed by atoms with Crippen molar-refractivity contribution in [2.45, 2.75) is 6.54 Å². The predicted molar refractivity (Wildman–Crippen MR) is 79.3 cm³/mol. The third kappa shape index (κ3) is 4.08. The Bertz CT molecular complexity index is 560. The van der Waals surface area contributed by atoms with E-state index in [2.05, 4.69) is 21.2 Å². The maximum Gasteiger partial charge on any atom is 0.336 e. The fourth-order valence-electron chi connectivity index (χ4n) is 1.61. The maximum absolute atomic E-state index is 11.9. The number of benzene rings is 2. The van der Waals surface area contributed by atoms with E-state index in [1.54, 1.807) is 6.07 Å². The number of hydrogen-bond acceptors (Lipinski definition) is 2. The molecule has 0 heterocycles. The highest BCUT2D eigenvalue weighted by Gasteiger charge is 2.09. The highest BCUT2D eigenvalue weighted by atomic mass is 79.9. The van der Waals surface area contributed by atoms with Crippen LogP contribution in [0, 0.1) is 0 Å². The van der Waals surface area contributed by atoms with Gasteiger partial charge in [0.1, 0.15) is 0 Å². The summed E-state index contributed by atoms with van der Waals surface area (Å²) in [5.74, 6) is 5.74. The number of hydrogen-bond donors (Lipinski definition) is 2. The minimum absolute atomic E-state index is 0.345. The zero-order chi connectivity index (χ0) is 13.7. The van der Waals surface area contributed by atoms with Crippen LogP contribution in [0.5, 0.6) is 0 Å². The van der Waals surface area contributed by atoms with E-state index in [1.807, 2.05) is 48.5 Å². The Morgan fingerprint density at radius 1 is 1.16 bits per heavy atom. The highest BCUT2D eigenvalue weighted by Crippen LogP contribution is 2.16. The van der Waals surface area contributed by atoms with Crippen molar-refractivity contribution in [1.29, 1.82) is 0 Å². The molecular weight excluding hydrogens is 306 g/mol. The van der Waals surface area contributed by atoms with Crippen molar-refractivity contribution in [3.63, 3.8) is 0 Å². The van der Waals surface area contributed by atoms with Crippen molar-refractivity contribution in [2.75, 3.05) is 5.32 Å². The molecule has 2 aromatic carbocycles. The fourth-order valence-corrected chi connectivity index (χ4v) is 2.01. The van der Waals surface area contributed by atoms with Gasteiger partial charge in [-0.15, -0.1) is 0 Å². The third-order valence-electron chi connectivity index (χ3n) is 2.53. The van der Waals surface area contributed by atoms with Gasteiger partial charge >= 0.3 is 6.03 Å². The highest BCUT2D eigenvalue weighted by molar-refractivity contribution is 9.10. The second-order valence-electron chi connectivity index (χ2n) is 4.05. The topological polar surface area (TPSA) is 58.4 Å². The molecule has 2 aromatic rings. The number of hydrazine groups is 1. The van der Waals surface area contributed by atoms with Crippen molar-refractivity contribution in [2.24, 2.45) is 5.84 Å². The van der Waals surface area contributed by atoms with E-state index in [1.165, 1.54) is 0 Å².